The Bertz CT molecular complexity index is 609. The number of halogens is 2. The summed E-state index contributed by atoms with van der Waals surface area (Å²) in [6.07, 6.45) is 2.72. The number of hydrogen-bond acceptors (Lipinski definition) is 2. The van der Waals surface area contributed by atoms with Crippen molar-refractivity contribution >= 4 is 11.5 Å². The lowest BCUT2D eigenvalue weighted by Crippen LogP contribution is -1.96. The molecule has 1 N–H and O–H groups in total. The van der Waals surface area contributed by atoms with Gasteiger partial charge in [-0.3, -0.25) is 4.79 Å². The van der Waals surface area contributed by atoms with Gasteiger partial charge < -0.3 is 5.32 Å². The summed E-state index contributed by atoms with van der Waals surface area (Å²) in [6.45, 7) is 0. The number of anilines is 1. The van der Waals surface area contributed by atoms with E-state index in [0.717, 1.165) is 12.1 Å². The molecule has 0 heterocycles. The third-order valence-corrected chi connectivity index (χ3v) is 2.46. The van der Waals surface area contributed by atoms with Crippen LogP contribution in [-0.2, 0) is 0 Å². The monoisotopic (exact) mass is 259 g/mol. The van der Waals surface area contributed by atoms with Crippen molar-refractivity contribution in [1.82, 2.24) is 0 Å². The number of hydrogen-bond donors (Lipinski definition) is 1. The van der Waals surface area contributed by atoms with Crippen molar-refractivity contribution in [3.05, 3.63) is 78.0 Å². The van der Waals surface area contributed by atoms with Crippen molar-refractivity contribution < 1.29 is 13.6 Å². The highest BCUT2D eigenvalue weighted by Crippen LogP contribution is 2.13. The highest BCUT2D eigenvalue weighted by molar-refractivity contribution is 6.04. The third kappa shape index (κ3) is 3.48. The molecule has 0 unspecified atom stereocenters. The van der Waals surface area contributed by atoms with Gasteiger partial charge in [0.1, 0.15) is 0 Å². The van der Waals surface area contributed by atoms with E-state index in [1.807, 2.05) is 6.07 Å². The lowest BCUT2D eigenvalue weighted by molar-refractivity contribution is 0.104. The smallest absolute Gasteiger partial charge is 0.187 e. The van der Waals surface area contributed by atoms with Crippen LogP contribution in [0.4, 0.5) is 14.5 Å². The Balaban J connectivity index is 2.00. The van der Waals surface area contributed by atoms with E-state index in [2.05, 4.69) is 5.32 Å². The van der Waals surface area contributed by atoms with Gasteiger partial charge in [0.2, 0.25) is 0 Å². The van der Waals surface area contributed by atoms with Crippen molar-refractivity contribution in [2.75, 3.05) is 5.32 Å². The van der Waals surface area contributed by atoms with Crippen LogP contribution < -0.4 is 5.32 Å². The van der Waals surface area contributed by atoms with Crippen LogP contribution in [0, 0.1) is 11.6 Å². The van der Waals surface area contributed by atoms with Gasteiger partial charge in [0.15, 0.2) is 17.4 Å². The van der Waals surface area contributed by atoms with Crippen LogP contribution in [0.15, 0.2) is 60.8 Å². The maximum Gasteiger partial charge on any atom is 0.187 e. The van der Waals surface area contributed by atoms with Crippen molar-refractivity contribution in [2.24, 2.45) is 0 Å². The standard InChI is InChI=1S/C15H11F2NO/c16-13-7-6-12(10-14(13)17)18-9-8-15(19)11-4-2-1-3-5-11/h1-10,18H. The summed E-state index contributed by atoms with van der Waals surface area (Å²) < 4.78 is 25.6. The second kappa shape index (κ2) is 5.91. The number of rotatable bonds is 4. The summed E-state index contributed by atoms with van der Waals surface area (Å²) >= 11 is 0. The molecule has 0 aliphatic heterocycles. The first-order valence-corrected chi connectivity index (χ1v) is 5.64. The highest BCUT2D eigenvalue weighted by atomic mass is 19.2. The van der Waals surface area contributed by atoms with Gasteiger partial charge >= 0.3 is 0 Å². The Morgan fingerprint density at radius 3 is 2.42 bits per heavy atom. The van der Waals surface area contributed by atoms with Gasteiger partial charge in [-0.2, -0.15) is 0 Å². The minimum atomic E-state index is -0.937. The van der Waals surface area contributed by atoms with Gasteiger partial charge in [0.25, 0.3) is 0 Å². The molecule has 2 rings (SSSR count). The van der Waals surface area contributed by atoms with Gasteiger partial charge in [-0.15, -0.1) is 0 Å². The summed E-state index contributed by atoms with van der Waals surface area (Å²) in [4.78, 5) is 11.7. The summed E-state index contributed by atoms with van der Waals surface area (Å²) in [7, 11) is 0. The molecule has 0 saturated heterocycles. The summed E-state index contributed by atoms with van der Waals surface area (Å²) in [5.74, 6) is -2.02. The molecule has 0 fully saturated rings. The normalized spacial score (nSPS) is 10.6. The Morgan fingerprint density at radius 1 is 1.00 bits per heavy atom. The van der Waals surface area contributed by atoms with E-state index in [4.69, 9.17) is 0 Å². The fraction of sp³-hybridized carbons (Fsp3) is 0. The molecule has 96 valence electrons. The number of ketones is 1. The predicted molar refractivity (Wildman–Crippen MR) is 69.9 cm³/mol. The Kier molecular flexibility index (Phi) is 4.03. The van der Waals surface area contributed by atoms with Crippen LogP contribution in [0.1, 0.15) is 10.4 Å². The molecule has 0 radical (unpaired) electrons. The van der Waals surface area contributed by atoms with Gasteiger partial charge in [-0.25, -0.2) is 8.78 Å². The van der Waals surface area contributed by atoms with Crippen LogP contribution in [-0.4, -0.2) is 5.78 Å². The Morgan fingerprint density at radius 2 is 1.74 bits per heavy atom. The maximum atomic E-state index is 12.9. The minimum Gasteiger partial charge on any atom is -0.361 e. The maximum absolute atomic E-state index is 12.9. The van der Waals surface area contributed by atoms with Gasteiger partial charge in [0, 0.05) is 29.6 Å². The molecule has 2 nitrogen and oxygen atoms in total. The minimum absolute atomic E-state index is 0.171. The molecule has 0 aromatic heterocycles. The average Bonchev–Trinajstić information content (AvgIpc) is 2.43. The topological polar surface area (TPSA) is 29.1 Å². The van der Waals surface area contributed by atoms with Crippen molar-refractivity contribution in [3.8, 4) is 0 Å². The number of benzene rings is 2. The largest absolute Gasteiger partial charge is 0.361 e. The molecule has 0 aliphatic carbocycles. The first-order valence-electron chi connectivity index (χ1n) is 5.64. The van der Waals surface area contributed by atoms with Gasteiger partial charge in [0.05, 0.1) is 0 Å². The molecule has 0 aliphatic rings. The molecule has 4 heteroatoms. The molecule has 0 bridgehead atoms. The van der Waals surface area contributed by atoms with E-state index >= 15 is 0 Å². The second-order valence-corrected chi connectivity index (χ2v) is 3.84. The quantitative estimate of drug-likeness (QED) is 0.669. The van der Waals surface area contributed by atoms with Gasteiger partial charge in [-0.05, 0) is 12.1 Å². The van der Waals surface area contributed by atoms with E-state index in [0.29, 0.717) is 11.3 Å². The highest BCUT2D eigenvalue weighted by Gasteiger charge is 2.01. The van der Waals surface area contributed by atoms with Crippen molar-refractivity contribution in [3.63, 3.8) is 0 Å². The molecule has 2 aromatic carbocycles. The Labute approximate surface area is 109 Å². The number of nitrogens with one attached hydrogen (secondary N) is 1. The van der Waals surface area contributed by atoms with E-state index < -0.39 is 11.6 Å². The molecule has 19 heavy (non-hydrogen) atoms. The fourth-order valence-corrected chi connectivity index (χ4v) is 1.50. The number of allylic oxidation sites excluding steroid dienone is 1. The third-order valence-electron chi connectivity index (χ3n) is 2.46. The zero-order chi connectivity index (χ0) is 13.7. The first-order chi connectivity index (χ1) is 9.16. The lowest BCUT2D eigenvalue weighted by atomic mass is 10.1. The molecule has 0 atom stereocenters. The van der Waals surface area contributed by atoms with Crippen molar-refractivity contribution in [2.45, 2.75) is 0 Å². The predicted octanol–water partition coefficient (Wildman–Crippen LogP) is 3.77. The zero-order valence-electron chi connectivity index (χ0n) is 9.94. The van der Waals surface area contributed by atoms with E-state index in [-0.39, 0.29) is 5.78 Å². The van der Waals surface area contributed by atoms with Crippen LogP contribution in [0.3, 0.4) is 0 Å². The molecular formula is C15H11F2NO. The van der Waals surface area contributed by atoms with Crippen LogP contribution in [0.25, 0.3) is 0 Å². The van der Waals surface area contributed by atoms with E-state index in [1.54, 1.807) is 24.3 Å². The SMILES string of the molecule is O=C(C=CNc1ccc(F)c(F)c1)c1ccccc1. The van der Waals surface area contributed by atoms with E-state index in [9.17, 15) is 13.6 Å². The molecule has 2 aromatic rings. The lowest BCUT2D eigenvalue weighted by Gasteiger charge is -2.01. The summed E-state index contributed by atoms with van der Waals surface area (Å²) in [5, 5.41) is 2.71. The zero-order valence-corrected chi connectivity index (χ0v) is 9.94. The van der Waals surface area contributed by atoms with E-state index in [1.165, 1.54) is 18.3 Å². The van der Waals surface area contributed by atoms with Crippen LogP contribution >= 0.6 is 0 Å². The number of carbonyl (C=O) groups excluding carboxylic acids is 1. The molecule has 0 amide bonds. The summed E-state index contributed by atoms with van der Waals surface area (Å²) in [5.41, 5.74) is 0.932. The Hall–Kier alpha value is -2.49. The second-order valence-electron chi connectivity index (χ2n) is 3.84. The first kappa shape index (κ1) is 13.0. The fourth-order valence-electron chi connectivity index (χ4n) is 1.50. The average molecular weight is 259 g/mol. The van der Waals surface area contributed by atoms with Crippen LogP contribution in [0.2, 0.25) is 0 Å². The summed E-state index contributed by atoms with van der Waals surface area (Å²) in [6, 6.07) is 12.2. The molecule has 0 saturated carbocycles. The van der Waals surface area contributed by atoms with Gasteiger partial charge in [-0.1, -0.05) is 30.3 Å². The molecule has 0 spiro atoms. The number of carbonyl (C=O) groups is 1. The molecular weight excluding hydrogens is 248 g/mol. The van der Waals surface area contributed by atoms with Crippen molar-refractivity contribution in [1.29, 1.82) is 0 Å². The van der Waals surface area contributed by atoms with Crippen LogP contribution in [0.5, 0.6) is 0 Å².